The molecule has 0 spiro atoms. The second kappa shape index (κ2) is 5.27. The minimum atomic E-state index is -0.428. The summed E-state index contributed by atoms with van der Waals surface area (Å²) >= 11 is 0. The molecule has 1 saturated carbocycles. The number of benzene rings is 1. The molecule has 1 aromatic carbocycles. The largest absolute Gasteiger partial charge is 0.329 e. The van der Waals surface area contributed by atoms with E-state index in [9.17, 15) is 9.59 Å². The quantitative estimate of drug-likeness (QED) is 0.841. The van der Waals surface area contributed by atoms with Crippen molar-refractivity contribution in [3.05, 3.63) is 29.8 Å². The van der Waals surface area contributed by atoms with Gasteiger partial charge in [-0.25, -0.2) is 4.79 Å². The highest BCUT2D eigenvalue weighted by Crippen LogP contribution is 2.33. The number of anilines is 1. The normalized spacial score (nSPS) is 24.1. The number of imide groups is 1. The molecule has 1 saturated heterocycles. The Balaban J connectivity index is 1.79. The van der Waals surface area contributed by atoms with Crippen LogP contribution >= 0.6 is 0 Å². The highest BCUT2D eigenvalue weighted by molar-refractivity contribution is 6.14. The first-order valence-electron chi connectivity index (χ1n) is 7.41. The third-order valence-corrected chi connectivity index (χ3v) is 4.46. The summed E-state index contributed by atoms with van der Waals surface area (Å²) in [4.78, 5) is 24.8. The molecule has 0 radical (unpaired) electrons. The van der Waals surface area contributed by atoms with Gasteiger partial charge in [0.25, 0.3) is 5.91 Å². The van der Waals surface area contributed by atoms with Gasteiger partial charge < -0.3 is 0 Å². The first kappa shape index (κ1) is 13.2. The van der Waals surface area contributed by atoms with Gasteiger partial charge in [-0.1, -0.05) is 31.4 Å². The number of urea groups is 1. The van der Waals surface area contributed by atoms with Crippen LogP contribution in [0.4, 0.5) is 10.5 Å². The second-order valence-corrected chi connectivity index (χ2v) is 5.77. The maximum atomic E-state index is 11.8. The summed E-state index contributed by atoms with van der Waals surface area (Å²) in [6.45, 7) is 1.75. The number of carbonyl (C=O) groups is 2. The molecule has 2 fully saturated rings. The lowest BCUT2D eigenvalue weighted by atomic mass is 9.84. The highest BCUT2D eigenvalue weighted by Gasteiger charge is 2.35. The first-order chi connectivity index (χ1) is 9.66. The highest BCUT2D eigenvalue weighted by atomic mass is 16.2. The Labute approximate surface area is 119 Å². The lowest BCUT2D eigenvalue weighted by Gasteiger charge is -2.23. The van der Waals surface area contributed by atoms with Crippen LogP contribution in [-0.4, -0.2) is 18.0 Å². The van der Waals surface area contributed by atoms with Crippen LogP contribution in [0.25, 0.3) is 0 Å². The molecule has 1 atom stereocenters. The smallest absolute Gasteiger partial charge is 0.282 e. The van der Waals surface area contributed by atoms with Crippen molar-refractivity contribution in [2.45, 2.75) is 51.0 Å². The third kappa shape index (κ3) is 2.30. The SMILES string of the molecule is CC1C(=O)NC(=O)N1c1ccc(C2CCCCC2)cc1. The first-order valence-corrected chi connectivity index (χ1v) is 7.41. The van der Waals surface area contributed by atoms with Gasteiger partial charge in [0.05, 0.1) is 0 Å². The zero-order valence-electron chi connectivity index (χ0n) is 11.8. The van der Waals surface area contributed by atoms with Gasteiger partial charge in [0.2, 0.25) is 0 Å². The Bertz CT molecular complexity index is 518. The molecular formula is C16H20N2O2. The second-order valence-electron chi connectivity index (χ2n) is 5.77. The minimum Gasteiger partial charge on any atom is -0.282 e. The van der Waals surface area contributed by atoms with E-state index in [4.69, 9.17) is 0 Å². The van der Waals surface area contributed by atoms with Crippen LogP contribution in [0.15, 0.2) is 24.3 Å². The van der Waals surface area contributed by atoms with E-state index in [1.54, 1.807) is 6.92 Å². The fourth-order valence-electron chi connectivity index (χ4n) is 3.25. The van der Waals surface area contributed by atoms with Gasteiger partial charge in [-0.3, -0.25) is 15.0 Å². The van der Waals surface area contributed by atoms with Gasteiger partial charge >= 0.3 is 6.03 Å². The predicted octanol–water partition coefficient (Wildman–Crippen LogP) is 3.18. The number of nitrogens with one attached hydrogen (secondary N) is 1. The maximum absolute atomic E-state index is 11.8. The molecule has 1 heterocycles. The van der Waals surface area contributed by atoms with Crippen LogP contribution < -0.4 is 10.2 Å². The Morgan fingerprint density at radius 2 is 1.70 bits per heavy atom. The van der Waals surface area contributed by atoms with Gasteiger partial charge in [-0.15, -0.1) is 0 Å². The van der Waals surface area contributed by atoms with Crippen molar-refractivity contribution in [2.75, 3.05) is 4.90 Å². The van der Waals surface area contributed by atoms with Gasteiger partial charge in [0, 0.05) is 5.69 Å². The fraction of sp³-hybridized carbons (Fsp3) is 0.500. The molecule has 1 aromatic rings. The molecule has 0 aromatic heterocycles. The Morgan fingerprint density at radius 1 is 1.05 bits per heavy atom. The van der Waals surface area contributed by atoms with Crippen LogP contribution in [0, 0.1) is 0 Å². The molecule has 1 aliphatic heterocycles. The predicted molar refractivity (Wildman–Crippen MR) is 77.7 cm³/mol. The fourth-order valence-corrected chi connectivity index (χ4v) is 3.25. The number of carbonyl (C=O) groups excluding carboxylic acids is 2. The summed E-state index contributed by atoms with van der Waals surface area (Å²) in [7, 11) is 0. The van der Waals surface area contributed by atoms with Crippen molar-refractivity contribution >= 4 is 17.6 Å². The van der Waals surface area contributed by atoms with Crippen molar-refractivity contribution in [3.8, 4) is 0 Å². The van der Waals surface area contributed by atoms with Crippen LogP contribution in [0.1, 0.15) is 50.5 Å². The molecule has 4 nitrogen and oxygen atoms in total. The molecule has 0 bridgehead atoms. The molecule has 1 N–H and O–H groups in total. The van der Waals surface area contributed by atoms with Gasteiger partial charge in [-0.2, -0.15) is 0 Å². The zero-order chi connectivity index (χ0) is 14.1. The maximum Gasteiger partial charge on any atom is 0.329 e. The van der Waals surface area contributed by atoms with E-state index in [-0.39, 0.29) is 11.9 Å². The molecule has 106 valence electrons. The molecule has 20 heavy (non-hydrogen) atoms. The number of hydrogen-bond acceptors (Lipinski definition) is 2. The molecule has 1 unspecified atom stereocenters. The molecule has 1 aliphatic carbocycles. The molecule has 4 heteroatoms. The van der Waals surface area contributed by atoms with Crippen molar-refractivity contribution in [1.29, 1.82) is 0 Å². The minimum absolute atomic E-state index is 0.230. The van der Waals surface area contributed by atoms with E-state index >= 15 is 0 Å². The Hall–Kier alpha value is -1.84. The van der Waals surface area contributed by atoms with Crippen molar-refractivity contribution in [2.24, 2.45) is 0 Å². The standard InChI is InChI=1S/C16H20N2O2/c1-11-15(19)17-16(20)18(11)14-9-7-13(8-10-14)12-5-3-2-4-6-12/h7-12H,2-6H2,1H3,(H,17,19,20). The van der Waals surface area contributed by atoms with E-state index < -0.39 is 6.04 Å². The van der Waals surface area contributed by atoms with Crippen molar-refractivity contribution in [3.63, 3.8) is 0 Å². The van der Waals surface area contributed by atoms with Crippen LogP contribution in [0.3, 0.4) is 0 Å². The van der Waals surface area contributed by atoms with Gasteiger partial charge in [0.15, 0.2) is 0 Å². The Morgan fingerprint density at radius 3 is 2.25 bits per heavy atom. The van der Waals surface area contributed by atoms with E-state index in [0.29, 0.717) is 5.92 Å². The number of hydrogen-bond donors (Lipinski definition) is 1. The average molecular weight is 272 g/mol. The number of amides is 3. The van der Waals surface area contributed by atoms with Crippen LogP contribution in [0.5, 0.6) is 0 Å². The van der Waals surface area contributed by atoms with Crippen molar-refractivity contribution < 1.29 is 9.59 Å². The van der Waals surface area contributed by atoms with E-state index in [0.717, 1.165) is 5.69 Å². The van der Waals surface area contributed by atoms with E-state index in [1.807, 2.05) is 12.1 Å². The van der Waals surface area contributed by atoms with E-state index in [1.165, 1.54) is 42.6 Å². The molecule has 3 amide bonds. The molecule has 3 rings (SSSR count). The number of nitrogens with zero attached hydrogens (tertiary/aromatic N) is 1. The van der Waals surface area contributed by atoms with Crippen LogP contribution in [0.2, 0.25) is 0 Å². The molecular weight excluding hydrogens is 252 g/mol. The summed E-state index contributed by atoms with van der Waals surface area (Å²) in [5, 5.41) is 2.34. The summed E-state index contributed by atoms with van der Waals surface area (Å²) < 4.78 is 0. The Kier molecular flexibility index (Phi) is 3.47. The third-order valence-electron chi connectivity index (χ3n) is 4.46. The van der Waals surface area contributed by atoms with Gasteiger partial charge in [-0.05, 0) is 43.4 Å². The summed E-state index contributed by atoms with van der Waals surface area (Å²) in [6.07, 6.45) is 6.50. The lowest BCUT2D eigenvalue weighted by Crippen LogP contribution is -2.32. The van der Waals surface area contributed by atoms with Crippen LogP contribution in [-0.2, 0) is 4.79 Å². The lowest BCUT2D eigenvalue weighted by molar-refractivity contribution is -0.119. The average Bonchev–Trinajstić information content (AvgIpc) is 2.73. The number of rotatable bonds is 2. The summed E-state index contributed by atoms with van der Waals surface area (Å²) in [5.41, 5.74) is 2.15. The summed E-state index contributed by atoms with van der Waals surface area (Å²) in [5.74, 6) is 0.426. The van der Waals surface area contributed by atoms with Crippen molar-refractivity contribution in [1.82, 2.24) is 5.32 Å². The monoisotopic (exact) mass is 272 g/mol. The van der Waals surface area contributed by atoms with E-state index in [2.05, 4.69) is 17.4 Å². The topological polar surface area (TPSA) is 49.4 Å². The zero-order valence-corrected chi connectivity index (χ0v) is 11.8. The molecule has 2 aliphatic rings. The summed E-state index contributed by atoms with van der Waals surface area (Å²) in [6, 6.07) is 7.37. The van der Waals surface area contributed by atoms with Gasteiger partial charge in [0.1, 0.15) is 6.04 Å².